The van der Waals surface area contributed by atoms with E-state index in [1.165, 1.54) is 26.4 Å². The Morgan fingerprint density at radius 1 is 1.07 bits per heavy atom. The number of anilines is 2. The zero-order valence-corrected chi connectivity index (χ0v) is 23.7. The fourth-order valence-electron chi connectivity index (χ4n) is 4.69. The molecule has 0 bridgehead atoms. The van der Waals surface area contributed by atoms with Crippen LogP contribution in [-0.2, 0) is 10.0 Å². The number of nitrogens with one attached hydrogen (secondary N) is 2. The summed E-state index contributed by atoms with van der Waals surface area (Å²) < 4.78 is 43.4. The van der Waals surface area contributed by atoms with Gasteiger partial charge in [-0.25, -0.2) is 8.42 Å². The maximum atomic E-state index is 11.8. The lowest BCUT2D eigenvalue weighted by molar-refractivity contribution is -0.384. The number of hydrogen-bond acceptors (Lipinski definition) is 9. The molecule has 2 aromatic carbocycles. The molecule has 1 saturated heterocycles. The number of benzene rings is 2. The molecule has 1 aliphatic heterocycles. The van der Waals surface area contributed by atoms with E-state index in [0.717, 1.165) is 11.9 Å². The van der Waals surface area contributed by atoms with Crippen molar-refractivity contribution in [2.24, 2.45) is 0 Å². The standard InChI is InChI=1S/C27H25N5O7S2/c1-37-23-15-17(32(33)34)7-9-18(23)21-11-12-22(39-21)26-25(20-6-4-5-13-28-20)29-27(40)31(26)16-8-10-19(24(14-16)38-2)30-41(3,35)36/h4-15,25-26,30H,1-3H3,(H,29,40)/t25-,26+/m0/s1. The molecule has 0 aliphatic carbocycles. The molecule has 2 N–H and O–H groups in total. The van der Waals surface area contributed by atoms with Gasteiger partial charge in [0.1, 0.15) is 29.1 Å². The van der Waals surface area contributed by atoms with Crippen LogP contribution in [0.2, 0.25) is 0 Å². The molecule has 0 amide bonds. The largest absolute Gasteiger partial charge is 0.496 e. The van der Waals surface area contributed by atoms with Crippen LogP contribution in [0.5, 0.6) is 11.5 Å². The monoisotopic (exact) mass is 595 g/mol. The Bertz CT molecular complexity index is 1730. The summed E-state index contributed by atoms with van der Waals surface area (Å²) >= 11 is 5.76. The predicted octanol–water partition coefficient (Wildman–Crippen LogP) is 4.82. The van der Waals surface area contributed by atoms with Crippen LogP contribution in [0.4, 0.5) is 17.1 Å². The number of aromatic nitrogens is 1. The van der Waals surface area contributed by atoms with Crippen LogP contribution in [0.1, 0.15) is 23.5 Å². The Kier molecular flexibility index (Phi) is 7.51. The van der Waals surface area contributed by atoms with Gasteiger partial charge in [-0.05, 0) is 54.7 Å². The second kappa shape index (κ2) is 11.1. The van der Waals surface area contributed by atoms with E-state index in [2.05, 4.69) is 15.0 Å². The van der Waals surface area contributed by atoms with Crippen LogP contribution in [0, 0.1) is 10.1 Å². The summed E-state index contributed by atoms with van der Waals surface area (Å²) in [5, 5.41) is 15.0. The van der Waals surface area contributed by atoms with Gasteiger partial charge in [0.25, 0.3) is 5.69 Å². The van der Waals surface area contributed by atoms with Crippen LogP contribution in [0.3, 0.4) is 0 Å². The average molecular weight is 596 g/mol. The van der Waals surface area contributed by atoms with Crippen LogP contribution in [0.25, 0.3) is 11.3 Å². The summed E-state index contributed by atoms with van der Waals surface area (Å²) in [5.74, 6) is 1.55. The van der Waals surface area contributed by atoms with Crippen molar-refractivity contribution in [3.8, 4) is 22.8 Å². The van der Waals surface area contributed by atoms with Crippen molar-refractivity contribution in [2.45, 2.75) is 12.1 Å². The van der Waals surface area contributed by atoms with Crippen molar-refractivity contribution >= 4 is 44.4 Å². The van der Waals surface area contributed by atoms with E-state index >= 15 is 0 Å². The molecule has 1 fully saturated rings. The van der Waals surface area contributed by atoms with E-state index in [-0.39, 0.29) is 17.1 Å². The number of thiocarbonyl (C=S) groups is 1. The number of nitro groups is 1. The van der Waals surface area contributed by atoms with Crippen LogP contribution >= 0.6 is 12.2 Å². The van der Waals surface area contributed by atoms with Gasteiger partial charge in [0.2, 0.25) is 10.0 Å². The van der Waals surface area contributed by atoms with Crippen molar-refractivity contribution in [2.75, 3.05) is 30.1 Å². The minimum Gasteiger partial charge on any atom is -0.496 e. The van der Waals surface area contributed by atoms with E-state index < -0.39 is 27.0 Å². The Morgan fingerprint density at radius 3 is 2.51 bits per heavy atom. The highest BCUT2D eigenvalue weighted by molar-refractivity contribution is 7.92. The van der Waals surface area contributed by atoms with Crippen molar-refractivity contribution in [1.82, 2.24) is 10.3 Å². The summed E-state index contributed by atoms with van der Waals surface area (Å²) in [7, 11) is -0.667. The number of nitrogens with zero attached hydrogens (tertiary/aromatic N) is 3. The molecule has 12 nitrogen and oxygen atoms in total. The molecule has 1 aliphatic rings. The zero-order chi connectivity index (χ0) is 29.3. The summed E-state index contributed by atoms with van der Waals surface area (Å²) in [6.45, 7) is 0. The molecule has 0 saturated carbocycles. The van der Waals surface area contributed by atoms with E-state index in [0.29, 0.717) is 33.6 Å². The number of rotatable bonds is 9. The highest BCUT2D eigenvalue weighted by Crippen LogP contribution is 2.45. The fraction of sp³-hybridized carbons (Fsp3) is 0.185. The Labute approximate surface area is 241 Å². The van der Waals surface area contributed by atoms with Gasteiger partial charge in [0, 0.05) is 24.0 Å². The molecule has 3 heterocycles. The van der Waals surface area contributed by atoms with Crippen molar-refractivity contribution in [1.29, 1.82) is 0 Å². The molecule has 2 atom stereocenters. The Balaban J connectivity index is 1.60. The number of ether oxygens (including phenoxy) is 2. The molecule has 5 rings (SSSR count). The van der Waals surface area contributed by atoms with Gasteiger partial charge < -0.3 is 24.1 Å². The van der Waals surface area contributed by atoms with Gasteiger partial charge in [-0.2, -0.15) is 0 Å². The predicted molar refractivity (Wildman–Crippen MR) is 157 cm³/mol. The molecular formula is C27H25N5O7S2. The second-order valence-electron chi connectivity index (χ2n) is 9.10. The van der Waals surface area contributed by atoms with E-state index in [4.69, 9.17) is 26.1 Å². The maximum absolute atomic E-state index is 11.8. The molecule has 41 heavy (non-hydrogen) atoms. The first-order chi connectivity index (χ1) is 19.6. The summed E-state index contributed by atoms with van der Waals surface area (Å²) in [6.07, 6.45) is 2.74. The van der Waals surface area contributed by atoms with Gasteiger partial charge in [-0.15, -0.1) is 0 Å². The van der Waals surface area contributed by atoms with Gasteiger partial charge >= 0.3 is 0 Å². The van der Waals surface area contributed by atoms with Crippen LogP contribution in [0.15, 0.2) is 77.3 Å². The minimum absolute atomic E-state index is 0.105. The Morgan fingerprint density at radius 2 is 1.85 bits per heavy atom. The second-order valence-corrected chi connectivity index (χ2v) is 11.2. The number of methoxy groups -OCH3 is 2. The van der Waals surface area contributed by atoms with E-state index in [1.54, 1.807) is 42.6 Å². The third-order valence-electron chi connectivity index (χ3n) is 6.44. The zero-order valence-electron chi connectivity index (χ0n) is 22.1. The number of sulfonamides is 1. The lowest BCUT2D eigenvalue weighted by Gasteiger charge is -2.27. The van der Waals surface area contributed by atoms with Gasteiger partial charge in [0.05, 0.1) is 54.5 Å². The fourth-order valence-corrected chi connectivity index (χ4v) is 5.60. The number of non-ortho nitro benzene ring substituents is 1. The lowest BCUT2D eigenvalue weighted by atomic mass is 10.0. The molecule has 14 heteroatoms. The van der Waals surface area contributed by atoms with Gasteiger partial charge in [0.15, 0.2) is 5.11 Å². The first kappa shape index (κ1) is 27.9. The van der Waals surface area contributed by atoms with E-state index in [1.807, 2.05) is 23.1 Å². The van der Waals surface area contributed by atoms with Crippen molar-refractivity contribution in [3.05, 3.63) is 94.5 Å². The normalized spacial score (nSPS) is 16.8. The number of nitro benzene ring substituents is 1. The third kappa shape index (κ3) is 5.64. The molecule has 0 spiro atoms. The highest BCUT2D eigenvalue weighted by Gasteiger charge is 2.43. The van der Waals surface area contributed by atoms with Crippen LogP contribution < -0.4 is 24.4 Å². The van der Waals surface area contributed by atoms with Gasteiger partial charge in [-0.1, -0.05) is 6.07 Å². The van der Waals surface area contributed by atoms with Gasteiger partial charge in [-0.3, -0.25) is 19.8 Å². The SMILES string of the molecule is COc1cc(N2C(=S)N[C@@H](c3ccccn3)[C@H]2c2ccc(-c3ccc([N+](=O)[O-])cc3OC)o2)ccc1NS(C)(=O)=O. The van der Waals surface area contributed by atoms with Crippen LogP contribution in [-0.4, -0.2) is 43.9 Å². The smallest absolute Gasteiger partial charge is 0.273 e. The van der Waals surface area contributed by atoms with E-state index in [9.17, 15) is 18.5 Å². The molecule has 212 valence electrons. The lowest BCUT2D eigenvalue weighted by Crippen LogP contribution is -2.29. The summed E-state index contributed by atoms with van der Waals surface area (Å²) in [6, 6.07) is 17.5. The summed E-state index contributed by atoms with van der Waals surface area (Å²) in [5.41, 5.74) is 2.05. The molecule has 4 aromatic rings. The Hall–Kier alpha value is -4.69. The van der Waals surface area contributed by atoms with Crippen molar-refractivity contribution in [3.63, 3.8) is 0 Å². The number of furan rings is 1. The minimum atomic E-state index is -3.54. The maximum Gasteiger partial charge on any atom is 0.273 e. The van der Waals surface area contributed by atoms with Crippen molar-refractivity contribution < 1.29 is 27.2 Å². The number of hydrogen-bond donors (Lipinski definition) is 2. The quantitative estimate of drug-likeness (QED) is 0.156. The highest BCUT2D eigenvalue weighted by atomic mass is 32.2. The molecule has 0 unspecified atom stereocenters. The molecule has 2 aromatic heterocycles. The molecular weight excluding hydrogens is 570 g/mol. The average Bonchev–Trinajstić information content (AvgIpc) is 3.57. The third-order valence-corrected chi connectivity index (χ3v) is 7.34. The first-order valence-electron chi connectivity index (χ1n) is 12.2. The molecule has 0 radical (unpaired) electrons. The first-order valence-corrected chi connectivity index (χ1v) is 14.5. The number of pyridine rings is 1. The topological polar surface area (TPSA) is 149 Å². The summed E-state index contributed by atoms with van der Waals surface area (Å²) in [4.78, 5) is 17.1.